The summed E-state index contributed by atoms with van der Waals surface area (Å²) in [6.07, 6.45) is 2.76. The van der Waals surface area contributed by atoms with Crippen LogP contribution in [0.4, 0.5) is 11.4 Å². The topological polar surface area (TPSA) is 84.9 Å². The highest BCUT2D eigenvalue weighted by Gasteiger charge is 2.12. The summed E-state index contributed by atoms with van der Waals surface area (Å²) in [5, 5.41) is 2.72. The second-order valence-electron chi connectivity index (χ2n) is 5.69. The van der Waals surface area contributed by atoms with E-state index in [-0.39, 0.29) is 12.5 Å². The summed E-state index contributed by atoms with van der Waals surface area (Å²) in [5.74, 6) is 0.756. The van der Waals surface area contributed by atoms with Crippen molar-refractivity contribution in [2.24, 2.45) is 0 Å². The lowest BCUT2D eigenvalue weighted by Crippen LogP contribution is -2.24. The minimum Gasteiger partial charge on any atom is -0.489 e. The predicted octanol–water partition coefficient (Wildman–Crippen LogP) is 2.66. The lowest BCUT2D eigenvalue weighted by molar-refractivity contribution is -0.118. The van der Waals surface area contributed by atoms with Crippen LogP contribution in [-0.2, 0) is 14.8 Å². The summed E-state index contributed by atoms with van der Waals surface area (Å²) in [4.78, 5) is 12.0. The highest BCUT2D eigenvalue weighted by Crippen LogP contribution is 2.20. The minimum absolute atomic E-state index is 0.182. The van der Waals surface area contributed by atoms with Crippen LogP contribution >= 0.6 is 0 Å². The van der Waals surface area contributed by atoms with Crippen molar-refractivity contribution >= 4 is 27.3 Å². The lowest BCUT2D eigenvalue weighted by atomic mass is 10.3. The van der Waals surface area contributed by atoms with E-state index in [0.29, 0.717) is 29.5 Å². The number of hydrogen-bond donors (Lipinski definition) is 1. The van der Waals surface area contributed by atoms with Crippen LogP contribution in [0.5, 0.6) is 11.5 Å². The van der Waals surface area contributed by atoms with Crippen molar-refractivity contribution in [2.45, 2.75) is 0 Å². The van der Waals surface area contributed by atoms with E-state index in [0.717, 1.165) is 10.6 Å². The highest BCUT2D eigenvalue weighted by atomic mass is 32.2. The first-order valence-electron chi connectivity index (χ1n) is 8.10. The van der Waals surface area contributed by atoms with Gasteiger partial charge in [0.2, 0.25) is 10.0 Å². The Kier molecular flexibility index (Phi) is 6.84. The summed E-state index contributed by atoms with van der Waals surface area (Å²) in [5.41, 5.74) is 1.10. The van der Waals surface area contributed by atoms with Crippen LogP contribution in [0.2, 0.25) is 0 Å². The normalized spacial score (nSPS) is 10.7. The molecule has 0 saturated heterocycles. The zero-order chi connectivity index (χ0) is 19.9. The van der Waals surface area contributed by atoms with Crippen molar-refractivity contribution in [3.63, 3.8) is 0 Å². The van der Waals surface area contributed by atoms with Gasteiger partial charge in [-0.3, -0.25) is 9.10 Å². The fourth-order valence-corrected chi connectivity index (χ4v) is 2.61. The van der Waals surface area contributed by atoms with Crippen molar-refractivity contribution in [3.8, 4) is 11.5 Å². The molecule has 7 nitrogen and oxygen atoms in total. The average molecular weight is 390 g/mol. The maximum Gasteiger partial charge on any atom is 0.262 e. The third-order valence-corrected chi connectivity index (χ3v) is 4.76. The highest BCUT2D eigenvalue weighted by molar-refractivity contribution is 7.92. The molecule has 8 heteroatoms. The van der Waals surface area contributed by atoms with Crippen LogP contribution in [-0.4, -0.2) is 40.8 Å². The molecule has 0 heterocycles. The Labute approximate surface area is 159 Å². The zero-order valence-corrected chi connectivity index (χ0v) is 16.0. The van der Waals surface area contributed by atoms with Crippen LogP contribution in [0.3, 0.4) is 0 Å². The second-order valence-corrected chi connectivity index (χ2v) is 7.70. The molecule has 0 bridgehead atoms. The average Bonchev–Trinajstić information content (AvgIpc) is 2.64. The number of hydrogen-bond acceptors (Lipinski definition) is 5. The number of rotatable bonds is 9. The second kappa shape index (κ2) is 9.09. The van der Waals surface area contributed by atoms with E-state index in [1.54, 1.807) is 54.6 Å². The van der Waals surface area contributed by atoms with Crippen LogP contribution in [0.25, 0.3) is 0 Å². The molecule has 0 fully saturated rings. The van der Waals surface area contributed by atoms with Gasteiger partial charge in [0.25, 0.3) is 5.91 Å². The Bertz CT molecular complexity index is 895. The Hall–Kier alpha value is -3.00. The quantitative estimate of drug-likeness (QED) is 0.666. The van der Waals surface area contributed by atoms with E-state index < -0.39 is 10.0 Å². The molecule has 0 aliphatic carbocycles. The molecule has 0 spiro atoms. The molecule has 2 aromatic rings. The Morgan fingerprint density at radius 1 is 1.15 bits per heavy atom. The molecule has 1 amide bonds. The third kappa shape index (κ3) is 6.34. The summed E-state index contributed by atoms with van der Waals surface area (Å²) in [7, 11) is -1.86. The first-order valence-corrected chi connectivity index (χ1v) is 9.95. The number of carbonyl (C=O) groups excluding carboxylic acids is 1. The van der Waals surface area contributed by atoms with Crippen LogP contribution < -0.4 is 19.1 Å². The number of nitrogens with zero attached hydrogens (tertiary/aromatic N) is 1. The molecule has 1 N–H and O–H groups in total. The van der Waals surface area contributed by atoms with Crippen LogP contribution in [0.15, 0.2) is 61.2 Å². The van der Waals surface area contributed by atoms with Crippen LogP contribution in [0, 0.1) is 0 Å². The molecule has 0 aliphatic rings. The number of sulfonamides is 1. The molecule has 2 rings (SSSR count). The predicted molar refractivity (Wildman–Crippen MR) is 106 cm³/mol. The number of nitrogens with one attached hydrogen (secondary N) is 1. The van der Waals surface area contributed by atoms with Crippen molar-refractivity contribution in [1.82, 2.24) is 0 Å². The van der Waals surface area contributed by atoms with Gasteiger partial charge in [-0.2, -0.15) is 0 Å². The molecular formula is C19H22N2O5S. The van der Waals surface area contributed by atoms with Crippen LogP contribution in [0.1, 0.15) is 0 Å². The fraction of sp³-hybridized carbons (Fsp3) is 0.211. The number of anilines is 2. The molecule has 0 radical (unpaired) electrons. The van der Waals surface area contributed by atoms with Gasteiger partial charge in [0.1, 0.15) is 18.1 Å². The molecule has 27 heavy (non-hydrogen) atoms. The molecule has 0 atom stereocenters. The summed E-state index contributed by atoms with van der Waals surface area (Å²) in [6.45, 7) is 3.78. The van der Waals surface area contributed by atoms with E-state index in [1.165, 1.54) is 7.05 Å². The maximum absolute atomic E-state index is 12.0. The van der Waals surface area contributed by atoms with Gasteiger partial charge in [0.15, 0.2) is 6.61 Å². The molecule has 0 aliphatic heterocycles. The minimum atomic E-state index is -3.33. The smallest absolute Gasteiger partial charge is 0.262 e. The summed E-state index contributed by atoms with van der Waals surface area (Å²) < 4.78 is 35.0. The van der Waals surface area contributed by atoms with E-state index >= 15 is 0 Å². The number of benzene rings is 2. The van der Waals surface area contributed by atoms with E-state index in [9.17, 15) is 13.2 Å². The summed E-state index contributed by atoms with van der Waals surface area (Å²) in [6, 6.07) is 13.4. The fourth-order valence-electron chi connectivity index (χ4n) is 2.11. The van der Waals surface area contributed by atoms with E-state index in [1.807, 2.05) is 0 Å². The third-order valence-electron chi connectivity index (χ3n) is 3.55. The van der Waals surface area contributed by atoms with Crippen molar-refractivity contribution in [3.05, 3.63) is 61.2 Å². The standard InChI is InChI=1S/C19H22N2O5S/c1-4-12-25-18-7-5-6-15(13-18)20-19(22)14-26-17-10-8-16(9-11-17)21(2)27(3,23)24/h4-11,13H,1,12,14H2,2-3H3,(H,20,22). The summed E-state index contributed by atoms with van der Waals surface area (Å²) >= 11 is 0. The van der Waals surface area contributed by atoms with Gasteiger partial charge in [-0.25, -0.2) is 8.42 Å². The molecule has 144 valence electrons. The maximum atomic E-state index is 12.0. The van der Waals surface area contributed by atoms with Gasteiger partial charge in [0.05, 0.1) is 11.9 Å². The lowest BCUT2D eigenvalue weighted by Gasteiger charge is -2.16. The molecule has 2 aromatic carbocycles. The monoisotopic (exact) mass is 390 g/mol. The van der Waals surface area contributed by atoms with E-state index in [2.05, 4.69) is 11.9 Å². The number of amides is 1. The first kappa shape index (κ1) is 20.3. The Morgan fingerprint density at radius 2 is 1.85 bits per heavy atom. The van der Waals surface area contributed by atoms with Crippen molar-refractivity contribution in [2.75, 3.05) is 36.1 Å². The van der Waals surface area contributed by atoms with Gasteiger partial charge in [-0.15, -0.1) is 0 Å². The van der Waals surface area contributed by atoms with Gasteiger partial charge in [-0.05, 0) is 36.4 Å². The number of ether oxygens (including phenoxy) is 2. The van der Waals surface area contributed by atoms with Gasteiger partial charge < -0.3 is 14.8 Å². The SMILES string of the molecule is C=CCOc1cccc(NC(=O)COc2ccc(N(C)S(C)(=O)=O)cc2)c1. The van der Waals surface area contributed by atoms with Gasteiger partial charge in [-0.1, -0.05) is 18.7 Å². The Morgan fingerprint density at radius 3 is 2.48 bits per heavy atom. The van der Waals surface area contributed by atoms with Crippen molar-refractivity contribution in [1.29, 1.82) is 0 Å². The molecule has 0 saturated carbocycles. The zero-order valence-electron chi connectivity index (χ0n) is 15.2. The van der Waals surface area contributed by atoms with Gasteiger partial charge >= 0.3 is 0 Å². The van der Waals surface area contributed by atoms with E-state index in [4.69, 9.17) is 9.47 Å². The molecule has 0 aromatic heterocycles. The first-order chi connectivity index (χ1) is 12.8. The van der Waals surface area contributed by atoms with Gasteiger partial charge in [0, 0.05) is 18.8 Å². The Balaban J connectivity index is 1.89. The van der Waals surface area contributed by atoms with Crippen molar-refractivity contribution < 1.29 is 22.7 Å². The largest absolute Gasteiger partial charge is 0.489 e. The molecule has 0 unspecified atom stereocenters. The molecular weight excluding hydrogens is 368 g/mol. The number of carbonyl (C=O) groups is 1.